The van der Waals surface area contributed by atoms with Gasteiger partial charge in [0.2, 0.25) is 0 Å². The largest absolute Gasteiger partial charge is 0.383 e. The van der Waals surface area contributed by atoms with E-state index in [-0.39, 0.29) is 12.5 Å². The van der Waals surface area contributed by atoms with Gasteiger partial charge in [0.25, 0.3) is 5.91 Å². The number of thiophene rings is 1. The predicted octanol–water partition coefficient (Wildman–Crippen LogP) is 2.93. The van der Waals surface area contributed by atoms with Crippen LogP contribution in [0.2, 0.25) is 5.02 Å². The van der Waals surface area contributed by atoms with Crippen molar-refractivity contribution in [2.24, 2.45) is 7.05 Å². The second-order valence-electron chi connectivity index (χ2n) is 5.60. The van der Waals surface area contributed by atoms with Crippen molar-refractivity contribution in [3.63, 3.8) is 0 Å². The summed E-state index contributed by atoms with van der Waals surface area (Å²) in [4.78, 5) is 12.9. The zero-order chi connectivity index (χ0) is 16.6. The summed E-state index contributed by atoms with van der Waals surface area (Å²) in [5.74, 6) is -0.291. The maximum absolute atomic E-state index is 12.4. The van der Waals surface area contributed by atoms with Gasteiger partial charge in [-0.3, -0.25) is 9.48 Å². The Labute approximate surface area is 142 Å². The molecule has 3 rings (SSSR count). The highest BCUT2D eigenvalue weighted by atomic mass is 35.5. The highest BCUT2D eigenvalue weighted by Gasteiger charge is 2.26. The van der Waals surface area contributed by atoms with E-state index in [1.807, 2.05) is 24.3 Å². The van der Waals surface area contributed by atoms with Gasteiger partial charge in [-0.2, -0.15) is 5.10 Å². The second kappa shape index (κ2) is 5.96. The first-order valence-corrected chi connectivity index (χ1v) is 8.24. The number of halogens is 1. The molecule has 1 atom stereocenters. The van der Waals surface area contributed by atoms with Crippen LogP contribution in [0.1, 0.15) is 22.2 Å². The number of hydrogen-bond acceptors (Lipinski definition) is 4. The number of amides is 1. The third kappa shape index (κ3) is 3.10. The molecule has 0 saturated carbocycles. The van der Waals surface area contributed by atoms with E-state index in [0.717, 1.165) is 10.1 Å². The lowest BCUT2D eigenvalue weighted by Crippen LogP contribution is -2.38. The Morgan fingerprint density at radius 1 is 1.48 bits per heavy atom. The highest BCUT2D eigenvalue weighted by Crippen LogP contribution is 2.35. The monoisotopic (exact) mass is 349 g/mol. The number of nitrogens with one attached hydrogen (secondary N) is 1. The number of aromatic nitrogens is 2. The lowest BCUT2D eigenvalue weighted by molar-refractivity contribution is 0.0527. The number of hydrogen-bond donors (Lipinski definition) is 2. The molecule has 1 amide bonds. The minimum absolute atomic E-state index is 0.0715. The quantitative estimate of drug-likeness (QED) is 0.761. The second-order valence-corrected chi connectivity index (χ2v) is 7.03. The van der Waals surface area contributed by atoms with E-state index in [9.17, 15) is 9.90 Å². The molecular formula is C16H16ClN3O2S. The fourth-order valence-corrected chi connectivity index (χ4v) is 3.73. The SMILES string of the molecule is Cn1cc(C(C)(O)CNC(=O)c2sc3ccccc3c2Cl)cn1. The van der Waals surface area contributed by atoms with Crippen LogP contribution in [0.3, 0.4) is 0 Å². The van der Waals surface area contributed by atoms with E-state index in [2.05, 4.69) is 10.4 Å². The first-order chi connectivity index (χ1) is 10.9. The van der Waals surface area contributed by atoms with Gasteiger partial charge in [-0.15, -0.1) is 11.3 Å². The molecule has 1 aromatic carbocycles. The van der Waals surface area contributed by atoms with Gasteiger partial charge in [-0.1, -0.05) is 29.8 Å². The van der Waals surface area contributed by atoms with Crippen LogP contribution in [-0.4, -0.2) is 27.3 Å². The first-order valence-electron chi connectivity index (χ1n) is 7.05. The van der Waals surface area contributed by atoms with E-state index >= 15 is 0 Å². The summed E-state index contributed by atoms with van der Waals surface area (Å²) < 4.78 is 2.57. The van der Waals surface area contributed by atoms with Crippen LogP contribution in [0.15, 0.2) is 36.7 Å². The van der Waals surface area contributed by atoms with Crippen molar-refractivity contribution in [3.8, 4) is 0 Å². The number of fused-ring (bicyclic) bond motifs is 1. The molecule has 0 aliphatic rings. The van der Waals surface area contributed by atoms with Crippen molar-refractivity contribution in [2.75, 3.05) is 6.54 Å². The molecule has 0 radical (unpaired) electrons. The molecule has 2 N–H and O–H groups in total. The molecule has 0 fully saturated rings. The van der Waals surface area contributed by atoms with Gasteiger partial charge in [0.1, 0.15) is 10.5 Å². The summed E-state index contributed by atoms with van der Waals surface area (Å²) in [5.41, 5.74) is -0.560. The Balaban J connectivity index is 1.77. The van der Waals surface area contributed by atoms with Crippen LogP contribution in [0, 0.1) is 0 Å². The maximum Gasteiger partial charge on any atom is 0.263 e. The van der Waals surface area contributed by atoms with Crippen LogP contribution in [0.4, 0.5) is 0 Å². The average molecular weight is 350 g/mol. The van der Waals surface area contributed by atoms with Crippen molar-refractivity contribution in [2.45, 2.75) is 12.5 Å². The standard InChI is InChI=1S/C16H16ClN3O2S/c1-16(22,10-7-19-20(2)8-10)9-18-15(21)14-13(17)11-5-3-4-6-12(11)23-14/h3-8,22H,9H2,1-2H3,(H,18,21). The summed E-state index contributed by atoms with van der Waals surface area (Å²) >= 11 is 7.64. The zero-order valence-electron chi connectivity index (χ0n) is 12.7. The van der Waals surface area contributed by atoms with Crippen LogP contribution in [0.5, 0.6) is 0 Å². The van der Waals surface area contributed by atoms with Crippen molar-refractivity contribution >= 4 is 38.9 Å². The Kier molecular flexibility index (Phi) is 4.14. The lowest BCUT2D eigenvalue weighted by atomic mass is 10.00. The molecule has 2 heterocycles. The molecule has 3 aromatic rings. The summed E-state index contributed by atoms with van der Waals surface area (Å²) in [6.45, 7) is 1.71. The molecule has 7 heteroatoms. The van der Waals surface area contributed by atoms with E-state index in [0.29, 0.717) is 15.5 Å². The lowest BCUT2D eigenvalue weighted by Gasteiger charge is -2.22. The number of nitrogens with zero attached hydrogens (tertiary/aromatic N) is 2. The molecular weight excluding hydrogens is 334 g/mol. The third-order valence-corrected chi connectivity index (χ3v) is 5.34. The van der Waals surface area contributed by atoms with Crippen molar-refractivity contribution in [1.29, 1.82) is 0 Å². The fraction of sp³-hybridized carbons (Fsp3) is 0.250. The van der Waals surface area contributed by atoms with E-state index in [1.165, 1.54) is 11.3 Å². The number of carbonyl (C=O) groups is 1. The number of benzene rings is 1. The maximum atomic E-state index is 12.4. The van der Waals surface area contributed by atoms with Crippen molar-refractivity contribution in [1.82, 2.24) is 15.1 Å². The number of rotatable bonds is 4. The molecule has 23 heavy (non-hydrogen) atoms. The molecule has 0 bridgehead atoms. The van der Waals surface area contributed by atoms with Gasteiger partial charge in [-0.05, 0) is 13.0 Å². The minimum Gasteiger partial charge on any atom is -0.383 e. The zero-order valence-corrected chi connectivity index (χ0v) is 14.3. The molecule has 5 nitrogen and oxygen atoms in total. The third-order valence-electron chi connectivity index (χ3n) is 3.66. The van der Waals surface area contributed by atoms with E-state index in [4.69, 9.17) is 11.6 Å². The van der Waals surface area contributed by atoms with Crippen LogP contribution >= 0.6 is 22.9 Å². The average Bonchev–Trinajstić information content (AvgIpc) is 3.10. The van der Waals surface area contributed by atoms with Crippen LogP contribution in [0.25, 0.3) is 10.1 Å². The minimum atomic E-state index is -1.20. The van der Waals surface area contributed by atoms with Gasteiger partial charge in [-0.25, -0.2) is 0 Å². The van der Waals surface area contributed by atoms with Crippen LogP contribution in [-0.2, 0) is 12.6 Å². The number of carbonyl (C=O) groups excluding carboxylic acids is 1. The van der Waals surface area contributed by atoms with Crippen molar-refractivity contribution < 1.29 is 9.90 Å². The smallest absolute Gasteiger partial charge is 0.263 e. The first kappa shape index (κ1) is 16.0. The molecule has 2 aromatic heterocycles. The van der Waals surface area contributed by atoms with E-state index in [1.54, 1.807) is 31.0 Å². The molecule has 0 aliphatic carbocycles. The van der Waals surface area contributed by atoms with Gasteiger partial charge in [0, 0.05) is 28.9 Å². The Morgan fingerprint density at radius 2 is 2.22 bits per heavy atom. The Hall–Kier alpha value is -1.89. The van der Waals surface area contributed by atoms with Gasteiger partial charge in [0.15, 0.2) is 0 Å². The summed E-state index contributed by atoms with van der Waals surface area (Å²) in [6.07, 6.45) is 3.30. The molecule has 0 spiro atoms. The van der Waals surface area contributed by atoms with E-state index < -0.39 is 5.60 Å². The van der Waals surface area contributed by atoms with Crippen molar-refractivity contribution in [3.05, 3.63) is 52.1 Å². The topological polar surface area (TPSA) is 67.2 Å². The summed E-state index contributed by atoms with van der Waals surface area (Å²) in [6, 6.07) is 7.60. The van der Waals surface area contributed by atoms with Gasteiger partial charge in [0.05, 0.1) is 17.8 Å². The van der Waals surface area contributed by atoms with Gasteiger partial charge >= 0.3 is 0 Å². The normalized spacial score (nSPS) is 13.9. The molecule has 120 valence electrons. The number of aryl methyl sites for hydroxylation is 1. The van der Waals surface area contributed by atoms with Crippen LogP contribution < -0.4 is 5.32 Å². The molecule has 0 aliphatic heterocycles. The Morgan fingerprint density at radius 3 is 2.87 bits per heavy atom. The molecule has 0 saturated heterocycles. The number of aliphatic hydroxyl groups is 1. The Bertz CT molecular complexity index is 869. The summed E-state index contributed by atoms with van der Waals surface area (Å²) in [7, 11) is 1.77. The highest BCUT2D eigenvalue weighted by molar-refractivity contribution is 7.21. The van der Waals surface area contributed by atoms with Gasteiger partial charge < -0.3 is 10.4 Å². The molecule has 1 unspecified atom stereocenters. The predicted molar refractivity (Wildman–Crippen MR) is 91.9 cm³/mol. The fourth-order valence-electron chi connectivity index (χ4n) is 2.29. The summed E-state index contributed by atoms with van der Waals surface area (Å²) in [5, 5.41) is 18.6.